The lowest BCUT2D eigenvalue weighted by atomic mass is 9.97. The molecule has 122 valence electrons. The average Bonchev–Trinajstić information content (AvgIpc) is 3.07. The summed E-state index contributed by atoms with van der Waals surface area (Å²) < 4.78 is 43.0. The lowest BCUT2D eigenvalue weighted by molar-refractivity contribution is -0.137. The molecule has 2 aromatic carbocycles. The predicted molar refractivity (Wildman–Crippen MR) is 83.4 cm³/mol. The molecule has 0 N–H and O–H groups in total. The van der Waals surface area contributed by atoms with Crippen LogP contribution < -0.4 is 4.74 Å². The normalized spacial score (nSPS) is 15.8. The third kappa shape index (κ3) is 4.06. The minimum absolute atomic E-state index is 0.357. The summed E-state index contributed by atoms with van der Waals surface area (Å²) in [5.74, 6) is 1.12. The van der Waals surface area contributed by atoms with Gasteiger partial charge in [0.1, 0.15) is 12.4 Å². The van der Waals surface area contributed by atoms with Gasteiger partial charge < -0.3 is 4.74 Å². The zero-order chi connectivity index (χ0) is 16.3. The molecule has 0 bridgehead atoms. The third-order valence-corrected chi connectivity index (χ3v) is 4.39. The van der Waals surface area contributed by atoms with Crippen LogP contribution in [0.2, 0.25) is 0 Å². The van der Waals surface area contributed by atoms with E-state index in [0.717, 1.165) is 17.7 Å². The highest BCUT2D eigenvalue weighted by molar-refractivity contribution is 5.30. The molecule has 23 heavy (non-hydrogen) atoms. The molecule has 1 saturated carbocycles. The van der Waals surface area contributed by atoms with Gasteiger partial charge in [0.25, 0.3) is 0 Å². The van der Waals surface area contributed by atoms with E-state index in [2.05, 4.69) is 12.1 Å². The van der Waals surface area contributed by atoms with Gasteiger partial charge in [0, 0.05) is 0 Å². The van der Waals surface area contributed by atoms with E-state index in [0.29, 0.717) is 18.3 Å². The van der Waals surface area contributed by atoms with Crippen molar-refractivity contribution in [3.63, 3.8) is 0 Å². The molecule has 0 spiro atoms. The summed E-state index contributed by atoms with van der Waals surface area (Å²) in [7, 11) is 0. The van der Waals surface area contributed by atoms with Crippen molar-refractivity contribution in [3.8, 4) is 5.75 Å². The minimum atomic E-state index is -4.31. The second-order valence-corrected chi connectivity index (χ2v) is 6.03. The van der Waals surface area contributed by atoms with Crippen molar-refractivity contribution in [1.82, 2.24) is 0 Å². The molecule has 1 aliphatic carbocycles. The van der Waals surface area contributed by atoms with Crippen molar-refractivity contribution in [2.75, 3.05) is 0 Å². The van der Waals surface area contributed by atoms with Gasteiger partial charge in [-0.15, -0.1) is 0 Å². The number of hydrogen-bond donors (Lipinski definition) is 0. The van der Waals surface area contributed by atoms with Crippen molar-refractivity contribution in [2.24, 2.45) is 0 Å². The van der Waals surface area contributed by atoms with Crippen LogP contribution in [0.15, 0.2) is 48.5 Å². The Kier molecular flexibility index (Phi) is 4.60. The zero-order valence-electron chi connectivity index (χ0n) is 12.8. The van der Waals surface area contributed by atoms with E-state index in [1.807, 2.05) is 12.1 Å². The first-order valence-electron chi connectivity index (χ1n) is 7.91. The maximum Gasteiger partial charge on any atom is 0.416 e. The van der Waals surface area contributed by atoms with Crippen LogP contribution in [0.5, 0.6) is 5.75 Å². The Bertz CT molecular complexity index is 623. The van der Waals surface area contributed by atoms with Crippen molar-refractivity contribution >= 4 is 0 Å². The van der Waals surface area contributed by atoms with Crippen molar-refractivity contribution < 1.29 is 17.9 Å². The molecule has 0 radical (unpaired) electrons. The maximum absolute atomic E-state index is 12.5. The summed E-state index contributed by atoms with van der Waals surface area (Å²) in [6.45, 7) is 0.357. The number of alkyl halides is 3. The summed E-state index contributed by atoms with van der Waals surface area (Å²) in [4.78, 5) is 0. The lowest BCUT2D eigenvalue weighted by Gasteiger charge is -2.11. The van der Waals surface area contributed by atoms with Crippen molar-refractivity contribution in [2.45, 2.75) is 44.4 Å². The molecule has 0 heterocycles. The molecule has 0 aromatic heterocycles. The second kappa shape index (κ2) is 6.65. The van der Waals surface area contributed by atoms with Gasteiger partial charge in [-0.2, -0.15) is 13.2 Å². The van der Waals surface area contributed by atoms with Gasteiger partial charge in [0.2, 0.25) is 0 Å². The van der Waals surface area contributed by atoms with Crippen LogP contribution in [0.3, 0.4) is 0 Å². The highest BCUT2D eigenvalue weighted by Crippen LogP contribution is 2.34. The van der Waals surface area contributed by atoms with E-state index < -0.39 is 11.7 Å². The predicted octanol–water partition coefficient (Wildman–Crippen LogP) is 5.94. The fourth-order valence-corrected chi connectivity index (χ4v) is 3.05. The van der Waals surface area contributed by atoms with Gasteiger partial charge in [-0.3, -0.25) is 0 Å². The molecule has 0 atom stereocenters. The number of rotatable bonds is 4. The van der Waals surface area contributed by atoms with Crippen LogP contribution in [0.25, 0.3) is 0 Å². The van der Waals surface area contributed by atoms with Gasteiger partial charge in [-0.05, 0) is 54.2 Å². The number of ether oxygens (including phenoxy) is 1. The van der Waals surface area contributed by atoms with Crippen LogP contribution in [0, 0.1) is 0 Å². The largest absolute Gasteiger partial charge is 0.489 e. The maximum atomic E-state index is 12.5. The molecule has 0 amide bonds. The van der Waals surface area contributed by atoms with Gasteiger partial charge in [-0.25, -0.2) is 0 Å². The molecule has 4 heteroatoms. The average molecular weight is 320 g/mol. The second-order valence-electron chi connectivity index (χ2n) is 6.03. The van der Waals surface area contributed by atoms with E-state index in [1.54, 1.807) is 0 Å². The molecule has 1 nitrogen and oxygen atoms in total. The fraction of sp³-hybridized carbons (Fsp3) is 0.368. The lowest BCUT2D eigenvalue weighted by Crippen LogP contribution is -2.04. The first-order valence-corrected chi connectivity index (χ1v) is 7.91. The van der Waals surface area contributed by atoms with Gasteiger partial charge >= 0.3 is 6.18 Å². The van der Waals surface area contributed by atoms with E-state index in [9.17, 15) is 13.2 Å². The summed E-state index contributed by atoms with van der Waals surface area (Å²) in [5.41, 5.74) is 1.73. The number of benzene rings is 2. The molecular weight excluding hydrogens is 301 g/mol. The van der Waals surface area contributed by atoms with Crippen LogP contribution in [-0.4, -0.2) is 0 Å². The van der Waals surface area contributed by atoms with E-state index >= 15 is 0 Å². The molecule has 1 aliphatic rings. The van der Waals surface area contributed by atoms with Crippen LogP contribution in [0.4, 0.5) is 13.2 Å². The SMILES string of the molecule is FC(F)(F)c1ccc(OCc2ccc(C3CCCC3)cc2)cc1. The fourth-order valence-electron chi connectivity index (χ4n) is 3.05. The van der Waals surface area contributed by atoms with Gasteiger partial charge in [0.15, 0.2) is 0 Å². The molecule has 1 fully saturated rings. The Morgan fingerprint density at radius 1 is 0.870 bits per heavy atom. The van der Waals surface area contributed by atoms with Crippen LogP contribution >= 0.6 is 0 Å². The summed E-state index contributed by atoms with van der Waals surface area (Å²) in [6.07, 6.45) is 0.838. The first-order chi connectivity index (χ1) is 11.0. The minimum Gasteiger partial charge on any atom is -0.489 e. The Labute approximate surface area is 134 Å². The number of hydrogen-bond acceptors (Lipinski definition) is 1. The van der Waals surface area contributed by atoms with E-state index in [4.69, 9.17) is 4.74 Å². The standard InChI is InChI=1S/C19H19F3O/c20-19(21,22)17-9-11-18(12-10-17)23-13-14-5-7-16(8-6-14)15-3-1-2-4-15/h5-12,15H,1-4,13H2. The van der Waals surface area contributed by atoms with Crippen LogP contribution in [-0.2, 0) is 12.8 Å². The molecule has 0 saturated heterocycles. The summed E-state index contributed by atoms with van der Waals surface area (Å²) in [6, 6.07) is 13.2. The Morgan fingerprint density at radius 2 is 1.48 bits per heavy atom. The highest BCUT2D eigenvalue weighted by atomic mass is 19.4. The quantitative estimate of drug-likeness (QED) is 0.677. The van der Waals surface area contributed by atoms with E-state index in [1.165, 1.54) is 43.4 Å². The molecule has 0 aliphatic heterocycles. The van der Waals surface area contributed by atoms with Crippen molar-refractivity contribution in [3.05, 3.63) is 65.2 Å². The molecule has 3 rings (SSSR count). The van der Waals surface area contributed by atoms with Crippen LogP contribution in [0.1, 0.15) is 48.3 Å². The smallest absolute Gasteiger partial charge is 0.416 e. The number of halogens is 3. The highest BCUT2D eigenvalue weighted by Gasteiger charge is 2.30. The third-order valence-electron chi connectivity index (χ3n) is 4.39. The van der Waals surface area contributed by atoms with Gasteiger partial charge in [0.05, 0.1) is 5.56 Å². The molecule has 2 aromatic rings. The zero-order valence-corrected chi connectivity index (χ0v) is 12.8. The summed E-state index contributed by atoms with van der Waals surface area (Å²) in [5, 5.41) is 0. The molecule has 0 unspecified atom stereocenters. The monoisotopic (exact) mass is 320 g/mol. The Morgan fingerprint density at radius 3 is 2.04 bits per heavy atom. The Balaban J connectivity index is 1.57. The van der Waals surface area contributed by atoms with Gasteiger partial charge in [-0.1, -0.05) is 37.1 Å². The Hall–Kier alpha value is -1.97. The van der Waals surface area contributed by atoms with E-state index in [-0.39, 0.29) is 0 Å². The first kappa shape index (κ1) is 15.9. The van der Waals surface area contributed by atoms with Crippen molar-refractivity contribution in [1.29, 1.82) is 0 Å². The molecular formula is C19H19F3O. The topological polar surface area (TPSA) is 9.23 Å². The summed E-state index contributed by atoms with van der Waals surface area (Å²) >= 11 is 0.